The topological polar surface area (TPSA) is 95.9 Å². The summed E-state index contributed by atoms with van der Waals surface area (Å²) in [5, 5.41) is 23.0. The number of aliphatic hydroxyl groups excluding tert-OH is 2. The van der Waals surface area contributed by atoms with Crippen molar-refractivity contribution < 1.29 is 24.5 Å². The zero-order valence-corrected chi connectivity index (χ0v) is 38.5. The minimum absolute atomic E-state index is 0.0325. The highest BCUT2D eigenvalue weighted by Crippen LogP contribution is 2.14. The molecule has 0 bridgehead atoms. The minimum Gasteiger partial charge on any atom is -0.466 e. The quantitative estimate of drug-likeness (QED) is 0.0323. The summed E-state index contributed by atoms with van der Waals surface area (Å²) in [6, 6.07) is -0.646. The molecule has 0 aromatic rings. The highest BCUT2D eigenvalue weighted by molar-refractivity contribution is 5.76. The molecule has 0 aromatic carbocycles. The Labute approximate surface area is 360 Å². The molecule has 0 radical (unpaired) electrons. The zero-order chi connectivity index (χ0) is 42.3. The molecule has 0 aromatic heterocycles. The van der Waals surface area contributed by atoms with Crippen LogP contribution in [-0.2, 0) is 14.3 Å². The monoisotopic (exact) mass is 816 g/mol. The standard InChI is InChI=1S/C52H97NO5/c1-3-5-7-9-11-13-15-17-18-19-21-26-30-34-38-42-46-52(57)58-47-43-39-35-31-27-23-22-25-29-33-37-41-45-51(56)53-49(48-54)50(55)44-40-36-32-28-24-20-16-14-12-10-8-6-4-2/h18-19,23,27,40,44,49-50,54-55H,3-17,20-22,24-26,28-39,41-43,45-48H2,1-2H3,(H,53,56)/b19-18-,27-23-,44-40+. The van der Waals surface area contributed by atoms with Crippen molar-refractivity contribution in [3.8, 4) is 0 Å². The normalized spacial score (nSPS) is 13.0. The lowest BCUT2D eigenvalue weighted by molar-refractivity contribution is -0.143. The van der Waals surface area contributed by atoms with Crippen LogP contribution in [0.15, 0.2) is 36.5 Å². The molecule has 58 heavy (non-hydrogen) atoms. The lowest BCUT2D eigenvalue weighted by Crippen LogP contribution is -2.45. The number of ether oxygens (including phenoxy) is 1. The van der Waals surface area contributed by atoms with Gasteiger partial charge in [0.2, 0.25) is 5.91 Å². The van der Waals surface area contributed by atoms with Gasteiger partial charge in [-0.3, -0.25) is 9.59 Å². The Morgan fingerprint density at radius 3 is 1.22 bits per heavy atom. The molecule has 340 valence electrons. The number of carbonyl (C=O) groups is 2. The first-order valence-electron chi connectivity index (χ1n) is 25.3. The molecular weight excluding hydrogens is 719 g/mol. The van der Waals surface area contributed by atoms with E-state index in [-0.39, 0.29) is 18.5 Å². The Hall–Kier alpha value is -1.92. The van der Waals surface area contributed by atoms with Crippen LogP contribution in [0.3, 0.4) is 0 Å². The molecule has 6 heteroatoms. The van der Waals surface area contributed by atoms with Crippen LogP contribution in [0.25, 0.3) is 0 Å². The average Bonchev–Trinajstić information content (AvgIpc) is 3.22. The van der Waals surface area contributed by atoms with E-state index in [4.69, 9.17) is 4.74 Å². The van der Waals surface area contributed by atoms with E-state index in [9.17, 15) is 19.8 Å². The summed E-state index contributed by atoms with van der Waals surface area (Å²) in [6.07, 6.45) is 57.1. The molecule has 0 aliphatic carbocycles. The molecule has 0 aliphatic rings. The first-order chi connectivity index (χ1) is 28.5. The van der Waals surface area contributed by atoms with Crippen LogP contribution in [0, 0.1) is 0 Å². The van der Waals surface area contributed by atoms with Crippen LogP contribution >= 0.6 is 0 Å². The van der Waals surface area contributed by atoms with Crippen molar-refractivity contribution in [3.63, 3.8) is 0 Å². The zero-order valence-electron chi connectivity index (χ0n) is 38.5. The third-order valence-corrected chi connectivity index (χ3v) is 11.4. The molecule has 2 atom stereocenters. The van der Waals surface area contributed by atoms with Crippen molar-refractivity contribution in [3.05, 3.63) is 36.5 Å². The van der Waals surface area contributed by atoms with Crippen LogP contribution in [0.4, 0.5) is 0 Å². The molecule has 0 fully saturated rings. The highest BCUT2D eigenvalue weighted by Gasteiger charge is 2.18. The maximum Gasteiger partial charge on any atom is 0.305 e. The second kappa shape index (κ2) is 47.8. The average molecular weight is 816 g/mol. The summed E-state index contributed by atoms with van der Waals surface area (Å²) >= 11 is 0. The number of aliphatic hydroxyl groups is 2. The Kier molecular flexibility index (Phi) is 46.2. The molecular formula is C52H97NO5. The summed E-state index contributed by atoms with van der Waals surface area (Å²) in [5.41, 5.74) is 0. The van der Waals surface area contributed by atoms with E-state index < -0.39 is 12.1 Å². The molecule has 0 spiro atoms. The van der Waals surface area contributed by atoms with Gasteiger partial charge in [-0.25, -0.2) is 0 Å². The van der Waals surface area contributed by atoms with E-state index in [2.05, 4.69) is 43.5 Å². The van der Waals surface area contributed by atoms with Crippen LogP contribution in [0.5, 0.6) is 0 Å². The van der Waals surface area contributed by atoms with Gasteiger partial charge in [0, 0.05) is 12.8 Å². The Morgan fingerprint density at radius 2 is 0.810 bits per heavy atom. The van der Waals surface area contributed by atoms with Crippen molar-refractivity contribution in [2.75, 3.05) is 13.2 Å². The number of hydrogen-bond donors (Lipinski definition) is 3. The third-order valence-electron chi connectivity index (χ3n) is 11.4. The van der Waals surface area contributed by atoms with Crippen molar-refractivity contribution in [1.29, 1.82) is 0 Å². The summed E-state index contributed by atoms with van der Waals surface area (Å²) in [6.45, 7) is 4.82. The van der Waals surface area contributed by atoms with Crippen molar-refractivity contribution in [2.45, 2.75) is 270 Å². The van der Waals surface area contributed by atoms with E-state index in [1.54, 1.807) is 6.08 Å². The Balaban J connectivity index is 3.54. The SMILES string of the molecule is CCCCCCCCC/C=C\CCCCCCCC(=O)OCCCCC/C=C\CCCCCCCC(=O)NC(CO)C(O)/C=C/CCCCCCCCCCCCC. The lowest BCUT2D eigenvalue weighted by atomic mass is 10.0. The first-order valence-corrected chi connectivity index (χ1v) is 25.3. The van der Waals surface area contributed by atoms with Crippen LogP contribution in [0.1, 0.15) is 258 Å². The van der Waals surface area contributed by atoms with Gasteiger partial charge in [0.05, 0.1) is 25.4 Å². The van der Waals surface area contributed by atoms with E-state index in [1.165, 1.54) is 148 Å². The molecule has 0 heterocycles. The van der Waals surface area contributed by atoms with Crippen molar-refractivity contribution in [1.82, 2.24) is 5.32 Å². The number of esters is 1. The number of amides is 1. The summed E-state index contributed by atoms with van der Waals surface area (Å²) < 4.78 is 5.44. The van der Waals surface area contributed by atoms with Gasteiger partial charge >= 0.3 is 5.97 Å². The smallest absolute Gasteiger partial charge is 0.305 e. The molecule has 2 unspecified atom stereocenters. The second-order valence-electron chi connectivity index (χ2n) is 17.1. The highest BCUT2D eigenvalue weighted by atomic mass is 16.5. The van der Waals surface area contributed by atoms with Crippen LogP contribution in [0.2, 0.25) is 0 Å². The number of hydrogen-bond acceptors (Lipinski definition) is 5. The van der Waals surface area contributed by atoms with Gasteiger partial charge in [-0.2, -0.15) is 0 Å². The number of unbranched alkanes of at least 4 members (excludes halogenated alkanes) is 31. The molecule has 0 saturated heterocycles. The van der Waals surface area contributed by atoms with E-state index in [0.29, 0.717) is 19.4 Å². The van der Waals surface area contributed by atoms with Crippen LogP contribution < -0.4 is 5.32 Å². The summed E-state index contributed by atoms with van der Waals surface area (Å²) in [7, 11) is 0. The van der Waals surface area contributed by atoms with E-state index in [0.717, 1.165) is 83.5 Å². The van der Waals surface area contributed by atoms with Gasteiger partial charge in [0.1, 0.15) is 0 Å². The van der Waals surface area contributed by atoms with Crippen molar-refractivity contribution in [2.24, 2.45) is 0 Å². The molecule has 1 amide bonds. The van der Waals surface area contributed by atoms with Gasteiger partial charge in [0.15, 0.2) is 0 Å². The van der Waals surface area contributed by atoms with Gasteiger partial charge in [-0.1, -0.05) is 192 Å². The maximum absolute atomic E-state index is 12.4. The van der Waals surface area contributed by atoms with Gasteiger partial charge in [-0.15, -0.1) is 0 Å². The number of carbonyl (C=O) groups excluding carboxylic acids is 2. The largest absolute Gasteiger partial charge is 0.466 e. The molecule has 0 rings (SSSR count). The van der Waals surface area contributed by atoms with Crippen molar-refractivity contribution >= 4 is 11.9 Å². The lowest BCUT2D eigenvalue weighted by Gasteiger charge is -2.20. The fourth-order valence-electron chi connectivity index (χ4n) is 7.44. The first kappa shape index (κ1) is 56.1. The summed E-state index contributed by atoms with van der Waals surface area (Å²) in [4.78, 5) is 24.4. The summed E-state index contributed by atoms with van der Waals surface area (Å²) in [5.74, 6) is -0.128. The molecule has 0 aliphatic heterocycles. The Bertz CT molecular complexity index is 946. The predicted molar refractivity (Wildman–Crippen MR) is 250 cm³/mol. The van der Waals surface area contributed by atoms with Gasteiger partial charge in [-0.05, 0) is 89.9 Å². The fourth-order valence-corrected chi connectivity index (χ4v) is 7.44. The molecule has 6 nitrogen and oxygen atoms in total. The number of allylic oxidation sites excluding steroid dienone is 5. The molecule has 3 N–H and O–H groups in total. The third kappa shape index (κ3) is 43.7. The minimum atomic E-state index is -0.860. The Morgan fingerprint density at radius 1 is 0.466 bits per heavy atom. The fraction of sp³-hybridized carbons (Fsp3) is 0.846. The number of nitrogens with one attached hydrogen (secondary N) is 1. The van der Waals surface area contributed by atoms with E-state index in [1.807, 2.05) is 6.08 Å². The maximum atomic E-state index is 12.4. The van der Waals surface area contributed by atoms with Crippen LogP contribution in [-0.4, -0.2) is 47.4 Å². The predicted octanol–water partition coefficient (Wildman–Crippen LogP) is 14.9. The number of rotatable bonds is 46. The van der Waals surface area contributed by atoms with E-state index >= 15 is 0 Å². The second-order valence-corrected chi connectivity index (χ2v) is 17.1. The van der Waals surface area contributed by atoms with Gasteiger partial charge < -0.3 is 20.3 Å². The molecule has 0 saturated carbocycles. The van der Waals surface area contributed by atoms with Gasteiger partial charge in [0.25, 0.3) is 0 Å².